The van der Waals surface area contributed by atoms with Crippen LogP contribution in [0.4, 0.5) is 5.69 Å². The summed E-state index contributed by atoms with van der Waals surface area (Å²) in [6, 6.07) is 8.06. The lowest BCUT2D eigenvalue weighted by molar-refractivity contribution is 0.0975. The monoisotopic (exact) mass is 261 g/mol. The van der Waals surface area contributed by atoms with Gasteiger partial charge in [0.1, 0.15) is 0 Å². The van der Waals surface area contributed by atoms with Crippen molar-refractivity contribution in [3.05, 3.63) is 28.8 Å². The van der Waals surface area contributed by atoms with Gasteiger partial charge in [0.25, 0.3) is 0 Å². The molecule has 3 saturated heterocycles. The average Bonchev–Trinajstić information content (AvgIpc) is 2.42. The van der Waals surface area contributed by atoms with Crippen molar-refractivity contribution in [1.29, 1.82) is 5.26 Å². The molecule has 1 aromatic carbocycles. The van der Waals surface area contributed by atoms with E-state index in [1.807, 2.05) is 12.1 Å². The molecule has 3 nitrogen and oxygen atoms in total. The van der Waals surface area contributed by atoms with Crippen molar-refractivity contribution in [2.75, 3.05) is 25.0 Å². The Kier molecular flexibility index (Phi) is 3.15. The zero-order chi connectivity index (χ0) is 12.5. The summed E-state index contributed by atoms with van der Waals surface area (Å²) in [6.07, 6.45) is 2.57. The van der Waals surface area contributed by atoms with Gasteiger partial charge in [0.2, 0.25) is 0 Å². The summed E-state index contributed by atoms with van der Waals surface area (Å²) in [7, 11) is 0. The number of benzene rings is 1. The van der Waals surface area contributed by atoms with Crippen LogP contribution in [0.15, 0.2) is 18.2 Å². The Balaban J connectivity index is 1.75. The summed E-state index contributed by atoms with van der Waals surface area (Å²) in [4.78, 5) is 2.51. The fourth-order valence-corrected chi connectivity index (χ4v) is 3.27. The summed E-state index contributed by atoms with van der Waals surface area (Å²) in [5.41, 5.74) is 1.56. The Morgan fingerprint density at radius 3 is 2.67 bits per heavy atom. The maximum Gasteiger partial charge on any atom is 0.0992 e. The third-order valence-electron chi connectivity index (χ3n) is 4.10. The van der Waals surface area contributed by atoms with Crippen LogP contribution in [0.25, 0.3) is 0 Å². The lowest BCUT2D eigenvalue weighted by Crippen LogP contribution is -2.53. The van der Waals surface area contributed by atoms with Gasteiger partial charge in [-0.2, -0.15) is 5.26 Å². The minimum Gasteiger partial charge on any atom is -0.380 e. The van der Waals surface area contributed by atoms with Crippen LogP contribution >= 0.6 is 11.6 Å². The normalized spacial score (nSPS) is 29.9. The molecule has 4 heteroatoms. The highest BCUT2D eigenvalue weighted by Gasteiger charge is 2.34. The van der Waals surface area contributed by atoms with Gasteiger partial charge in [-0.05, 0) is 50.0 Å². The molecule has 94 valence electrons. The number of piperidine rings is 3. The van der Waals surface area contributed by atoms with Gasteiger partial charge in [0, 0.05) is 12.6 Å². The van der Waals surface area contributed by atoms with Crippen LogP contribution in [0, 0.1) is 17.2 Å². The molecular formula is C14H16ClN3. The molecule has 1 atom stereocenters. The number of hydrogen-bond acceptors (Lipinski definition) is 3. The number of fused-ring (bicyclic) bond motifs is 3. The number of nitrogens with zero attached hydrogens (tertiary/aromatic N) is 2. The predicted molar refractivity (Wildman–Crippen MR) is 72.7 cm³/mol. The highest BCUT2D eigenvalue weighted by molar-refractivity contribution is 6.33. The number of nitrogens with one attached hydrogen (secondary N) is 1. The topological polar surface area (TPSA) is 39.1 Å². The highest BCUT2D eigenvalue weighted by Crippen LogP contribution is 2.32. The van der Waals surface area contributed by atoms with Crippen LogP contribution in [-0.2, 0) is 0 Å². The van der Waals surface area contributed by atoms with Crippen LogP contribution in [-0.4, -0.2) is 30.6 Å². The molecule has 0 amide bonds. The molecule has 0 aliphatic carbocycles. The van der Waals surface area contributed by atoms with Gasteiger partial charge in [-0.15, -0.1) is 0 Å². The van der Waals surface area contributed by atoms with Gasteiger partial charge in [-0.3, -0.25) is 0 Å². The van der Waals surface area contributed by atoms with Crippen LogP contribution in [0.2, 0.25) is 5.02 Å². The lowest BCUT2D eigenvalue weighted by Gasteiger charge is -2.45. The number of hydrogen-bond donors (Lipinski definition) is 1. The van der Waals surface area contributed by atoms with E-state index in [4.69, 9.17) is 16.9 Å². The van der Waals surface area contributed by atoms with E-state index in [9.17, 15) is 0 Å². The molecule has 0 saturated carbocycles. The molecule has 18 heavy (non-hydrogen) atoms. The molecule has 3 heterocycles. The first-order chi connectivity index (χ1) is 8.76. The first kappa shape index (κ1) is 11.8. The third kappa shape index (κ3) is 2.19. The molecule has 4 rings (SSSR count). The molecule has 3 aliphatic heterocycles. The van der Waals surface area contributed by atoms with Crippen LogP contribution in [0.3, 0.4) is 0 Å². The minimum atomic E-state index is 0.498. The molecule has 3 fully saturated rings. The van der Waals surface area contributed by atoms with Crippen molar-refractivity contribution in [3.63, 3.8) is 0 Å². The quantitative estimate of drug-likeness (QED) is 0.890. The average molecular weight is 262 g/mol. The molecule has 1 aromatic rings. The number of halogens is 1. The van der Waals surface area contributed by atoms with Crippen molar-refractivity contribution in [2.45, 2.75) is 18.9 Å². The molecule has 1 N–H and O–H groups in total. The maximum atomic E-state index is 8.82. The second kappa shape index (κ2) is 4.79. The second-order valence-electron chi connectivity index (χ2n) is 5.20. The predicted octanol–water partition coefficient (Wildman–Crippen LogP) is 2.72. The molecular weight excluding hydrogens is 246 g/mol. The van der Waals surface area contributed by atoms with Gasteiger partial charge in [0.15, 0.2) is 0 Å². The summed E-state index contributed by atoms with van der Waals surface area (Å²) in [5, 5.41) is 13.0. The first-order valence-electron chi connectivity index (χ1n) is 6.45. The van der Waals surface area contributed by atoms with Gasteiger partial charge in [-0.1, -0.05) is 11.6 Å². The lowest BCUT2D eigenvalue weighted by atomic mass is 9.84. The van der Waals surface area contributed by atoms with Gasteiger partial charge < -0.3 is 10.2 Å². The van der Waals surface area contributed by atoms with Gasteiger partial charge >= 0.3 is 0 Å². The van der Waals surface area contributed by atoms with Crippen molar-refractivity contribution in [2.24, 2.45) is 5.92 Å². The number of anilines is 1. The Labute approximate surface area is 112 Å². The van der Waals surface area contributed by atoms with Crippen LogP contribution < -0.4 is 5.32 Å². The third-order valence-corrected chi connectivity index (χ3v) is 4.41. The standard InChI is InChI=1S/C14H16ClN3/c15-12-7-10(8-16)1-2-13(12)17-14-9-18-5-3-11(14)4-6-18/h1-2,7,11,14,17H,3-6,9H2. The molecule has 2 bridgehead atoms. The maximum absolute atomic E-state index is 8.82. The summed E-state index contributed by atoms with van der Waals surface area (Å²) in [6.45, 7) is 3.59. The summed E-state index contributed by atoms with van der Waals surface area (Å²) in [5.74, 6) is 0.765. The van der Waals surface area contributed by atoms with E-state index >= 15 is 0 Å². The Hall–Kier alpha value is -1.24. The van der Waals surface area contributed by atoms with Crippen LogP contribution in [0.1, 0.15) is 18.4 Å². The van der Waals surface area contributed by atoms with Gasteiger partial charge in [0.05, 0.1) is 22.3 Å². The largest absolute Gasteiger partial charge is 0.380 e. The molecule has 0 radical (unpaired) electrons. The fraction of sp³-hybridized carbons (Fsp3) is 0.500. The van der Waals surface area contributed by atoms with E-state index < -0.39 is 0 Å². The zero-order valence-corrected chi connectivity index (χ0v) is 11.0. The van der Waals surface area contributed by atoms with Crippen molar-refractivity contribution >= 4 is 17.3 Å². The SMILES string of the molecule is N#Cc1ccc(NC2CN3CCC2CC3)c(Cl)c1. The van der Waals surface area contributed by atoms with E-state index in [0.717, 1.165) is 18.2 Å². The fourth-order valence-electron chi connectivity index (χ4n) is 3.03. The van der Waals surface area contributed by atoms with Crippen molar-refractivity contribution in [1.82, 2.24) is 4.90 Å². The van der Waals surface area contributed by atoms with Gasteiger partial charge in [-0.25, -0.2) is 0 Å². The first-order valence-corrected chi connectivity index (χ1v) is 6.82. The smallest absolute Gasteiger partial charge is 0.0992 e. The zero-order valence-electron chi connectivity index (χ0n) is 10.2. The molecule has 3 aliphatic rings. The molecule has 0 aromatic heterocycles. The number of nitriles is 1. The molecule has 1 unspecified atom stereocenters. The Morgan fingerprint density at radius 2 is 2.11 bits per heavy atom. The van der Waals surface area contributed by atoms with E-state index in [0.29, 0.717) is 16.6 Å². The minimum absolute atomic E-state index is 0.498. The van der Waals surface area contributed by atoms with E-state index in [2.05, 4.69) is 16.3 Å². The second-order valence-corrected chi connectivity index (χ2v) is 5.60. The number of rotatable bonds is 2. The van der Waals surface area contributed by atoms with E-state index in [1.165, 1.54) is 25.9 Å². The van der Waals surface area contributed by atoms with Crippen molar-refractivity contribution < 1.29 is 0 Å². The van der Waals surface area contributed by atoms with Crippen molar-refractivity contribution in [3.8, 4) is 6.07 Å². The molecule has 0 spiro atoms. The highest BCUT2D eigenvalue weighted by atomic mass is 35.5. The van der Waals surface area contributed by atoms with E-state index in [1.54, 1.807) is 6.07 Å². The van der Waals surface area contributed by atoms with E-state index in [-0.39, 0.29) is 0 Å². The Morgan fingerprint density at radius 1 is 1.33 bits per heavy atom. The Bertz CT molecular complexity index is 486. The summed E-state index contributed by atoms with van der Waals surface area (Å²) >= 11 is 6.20. The van der Waals surface area contributed by atoms with Crippen LogP contribution in [0.5, 0.6) is 0 Å². The summed E-state index contributed by atoms with van der Waals surface area (Å²) < 4.78 is 0.